The third kappa shape index (κ3) is 3.93. The van der Waals surface area contributed by atoms with Gasteiger partial charge in [0.15, 0.2) is 0 Å². The van der Waals surface area contributed by atoms with E-state index in [1.807, 2.05) is 13.8 Å². The first kappa shape index (κ1) is 16.2. The van der Waals surface area contributed by atoms with Crippen LogP contribution in [0.4, 0.5) is 5.82 Å². The van der Waals surface area contributed by atoms with Gasteiger partial charge < -0.3 is 10.1 Å². The predicted molar refractivity (Wildman–Crippen MR) is 81.8 cm³/mol. The summed E-state index contributed by atoms with van der Waals surface area (Å²) in [7, 11) is -3.51. The minimum absolute atomic E-state index is 0.00807. The molecule has 2 heterocycles. The molecular formula is C14H23N3O3S. The number of likely N-dealkylation sites (N-methyl/N-ethyl adjacent to an activating group) is 1. The van der Waals surface area contributed by atoms with E-state index in [1.165, 1.54) is 10.5 Å². The number of ether oxygens (including phenoxy) is 1. The lowest BCUT2D eigenvalue weighted by atomic mass is 10.2. The maximum atomic E-state index is 12.6. The van der Waals surface area contributed by atoms with E-state index >= 15 is 0 Å². The highest BCUT2D eigenvalue weighted by Gasteiger charge is 2.28. The number of nitrogens with zero attached hydrogens (tertiary/aromatic N) is 2. The van der Waals surface area contributed by atoms with Crippen molar-refractivity contribution < 1.29 is 13.2 Å². The molecule has 0 amide bonds. The van der Waals surface area contributed by atoms with Crippen LogP contribution in [0.2, 0.25) is 0 Å². The summed E-state index contributed by atoms with van der Waals surface area (Å²) in [5.41, 5.74) is 0. The minimum Gasteiger partial charge on any atom is -0.377 e. The van der Waals surface area contributed by atoms with Crippen molar-refractivity contribution in [2.24, 2.45) is 0 Å². The Hall–Kier alpha value is -1.18. The van der Waals surface area contributed by atoms with Crippen LogP contribution in [0.15, 0.2) is 23.2 Å². The summed E-state index contributed by atoms with van der Waals surface area (Å²) in [5, 5.41) is 3.05. The molecule has 1 fully saturated rings. The fourth-order valence-corrected chi connectivity index (χ4v) is 3.81. The van der Waals surface area contributed by atoms with Crippen LogP contribution in [-0.2, 0) is 14.8 Å². The Morgan fingerprint density at radius 2 is 2.24 bits per heavy atom. The number of hydrogen-bond donors (Lipinski definition) is 1. The lowest BCUT2D eigenvalue weighted by Gasteiger charge is -2.23. The Kier molecular flexibility index (Phi) is 5.55. The third-order valence-corrected chi connectivity index (χ3v) is 5.44. The van der Waals surface area contributed by atoms with Gasteiger partial charge in [-0.1, -0.05) is 6.92 Å². The molecule has 0 saturated carbocycles. The summed E-state index contributed by atoms with van der Waals surface area (Å²) >= 11 is 0. The summed E-state index contributed by atoms with van der Waals surface area (Å²) in [6.07, 6.45) is 3.34. The van der Waals surface area contributed by atoms with E-state index in [4.69, 9.17) is 4.74 Å². The number of rotatable bonds is 7. The maximum Gasteiger partial charge on any atom is 0.244 e. The number of aromatic nitrogens is 1. The topological polar surface area (TPSA) is 71.5 Å². The van der Waals surface area contributed by atoms with Gasteiger partial charge in [0.25, 0.3) is 0 Å². The quantitative estimate of drug-likeness (QED) is 0.829. The first-order valence-corrected chi connectivity index (χ1v) is 8.83. The lowest BCUT2D eigenvalue weighted by Crippen LogP contribution is -2.37. The largest absolute Gasteiger partial charge is 0.377 e. The molecule has 2 rings (SSSR count). The smallest absolute Gasteiger partial charge is 0.244 e. The molecule has 7 heteroatoms. The van der Waals surface area contributed by atoms with E-state index < -0.39 is 10.0 Å². The monoisotopic (exact) mass is 313 g/mol. The SMILES string of the molecule is CCNc1ccc(S(=O)(=O)N(CC)CC2CCCO2)cn1. The molecule has 0 radical (unpaired) electrons. The van der Waals surface area contributed by atoms with Crippen molar-refractivity contribution in [2.75, 3.05) is 31.6 Å². The Morgan fingerprint density at radius 3 is 2.76 bits per heavy atom. The van der Waals surface area contributed by atoms with Gasteiger partial charge in [0.1, 0.15) is 10.7 Å². The zero-order chi connectivity index (χ0) is 15.3. The van der Waals surface area contributed by atoms with Crippen molar-refractivity contribution in [3.8, 4) is 0 Å². The van der Waals surface area contributed by atoms with Gasteiger partial charge in [-0.3, -0.25) is 0 Å². The van der Waals surface area contributed by atoms with E-state index in [2.05, 4.69) is 10.3 Å². The Bertz CT molecular complexity index is 539. The molecular weight excluding hydrogens is 290 g/mol. The van der Waals surface area contributed by atoms with Crippen LogP contribution < -0.4 is 5.32 Å². The van der Waals surface area contributed by atoms with Gasteiger partial charge in [-0.25, -0.2) is 13.4 Å². The van der Waals surface area contributed by atoms with Crippen molar-refractivity contribution in [3.63, 3.8) is 0 Å². The van der Waals surface area contributed by atoms with E-state index in [1.54, 1.807) is 12.1 Å². The van der Waals surface area contributed by atoms with Gasteiger partial charge in [-0.15, -0.1) is 0 Å². The second kappa shape index (κ2) is 7.20. The number of pyridine rings is 1. The summed E-state index contributed by atoms with van der Waals surface area (Å²) in [4.78, 5) is 4.36. The normalized spacial score (nSPS) is 19.1. The molecule has 1 aliphatic rings. The number of sulfonamides is 1. The molecule has 21 heavy (non-hydrogen) atoms. The van der Waals surface area contributed by atoms with Crippen LogP contribution in [0.25, 0.3) is 0 Å². The molecule has 1 unspecified atom stereocenters. The zero-order valence-electron chi connectivity index (χ0n) is 12.6. The fourth-order valence-electron chi connectivity index (χ4n) is 2.38. The first-order valence-electron chi connectivity index (χ1n) is 7.39. The Morgan fingerprint density at radius 1 is 1.43 bits per heavy atom. The minimum atomic E-state index is -3.51. The number of anilines is 1. The second-order valence-corrected chi connectivity index (χ2v) is 6.94. The van der Waals surface area contributed by atoms with Gasteiger partial charge >= 0.3 is 0 Å². The summed E-state index contributed by atoms with van der Waals surface area (Å²) < 4.78 is 32.3. The van der Waals surface area contributed by atoms with Crippen LogP contribution in [0.1, 0.15) is 26.7 Å². The van der Waals surface area contributed by atoms with Gasteiger partial charge in [0.05, 0.1) is 6.10 Å². The molecule has 6 nitrogen and oxygen atoms in total. The first-order chi connectivity index (χ1) is 10.1. The highest BCUT2D eigenvalue weighted by atomic mass is 32.2. The number of nitrogens with one attached hydrogen (secondary N) is 1. The van der Waals surface area contributed by atoms with E-state index in [9.17, 15) is 8.42 Å². The Labute approximate surface area is 126 Å². The van der Waals surface area contributed by atoms with Crippen molar-refractivity contribution in [1.29, 1.82) is 0 Å². The highest BCUT2D eigenvalue weighted by molar-refractivity contribution is 7.89. The maximum absolute atomic E-state index is 12.6. The number of hydrogen-bond acceptors (Lipinski definition) is 5. The predicted octanol–water partition coefficient (Wildman–Crippen LogP) is 1.70. The van der Waals surface area contributed by atoms with E-state index in [-0.39, 0.29) is 11.0 Å². The van der Waals surface area contributed by atoms with Crippen molar-refractivity contribution >= 4 is 15.8 Å². The molecule has 1 aliphatic heterocycles. The van der Waals surface area contributed by atoms with Gasteiger partial charge in [0.2, 0.25) is 10.0 Å². The highest BCUT2D eigenvalue weighted by Crippen LogP contribution is 2.20. The van der Waals surface area contributed by atoms with Gasteiger partial charge in [0, 0.05) is 32.4 Å². The summed E-state index contributed by atoms with van der Waals surface area (Å²) in [5.74, 6) is 0.679. The van der Waals surface area contributed by atoms with Crippen molar-refractivity contribution in [1.82, 2.24) is 9.29 Å². The molecule has 1 N–H and O–H groups in total. The molecule has 0 bridgehead atoms. The van der Waals surface area contributed by atoms with Gasteiger partial charge in [-0.05, 0) is 31.9 Å². The fraction of sp³-hybridized carbons (Fsp3) is 0.643. The van der Waals surface area contributed by atoms with Crippen LogP contribution in [0, 0.1) is 0 Å². The molecule has 0 aromatic carbocycles. The lowest BCUT2D eigenvalue weighted by molar-refractivity contribution is 0.0947. The molecule has 1 atom stereocenters. The van der Waals surface area contributed by atoms with Crippen molar-refractivity contribution in [3.05, 3.63) is 18.3 Å². The average molecular weight is 313 g/mol. The van der Waals surface area contributed by atoms with Crippen LogP contribution in [-0.4, -0.2) is 50.1 Å². The van der Waals surface area contributed by atoms with Crippen LogP contribution in [0.5, 0.6) is 0 Å². The Balaban J connectivity index is 2.13. The van der Waals surface area contributed by atoms with E-state index in [0.29, 0.717) is 18.9 Å². The molecule has 1 saturated heterocycles. The molecule has 0 spiro atoms. The van der Waals surface area contributed by atoms with Crippen molar-refractivity contribution in [2.45, 2.75) is 37.7 Å². The summed E-state index contributed by atoms with van der Waals surface area (Å²) in [6.45, 7) is 6.12. The third-order valence-electron chi connectivity index (χ3n) is 3.52. The second-order valence-electron chi connectivity index (χ2n) is 5.00. The molecule has 118 valence electrons. The average Bonchev–Trinajstić information content (AvgIpc) is 2.98. The summed E-state index contributed by atoms with van der Waals surface area (Å²) in [6, 6.07) is 3.29. The molecule has 0 aliphatic carbocycles. The van der Waals surface area contributed by atoms with Gasteiger partial charge in [-0.2, -0.15) is 4.31 Å². The molecule has 1 aromatic heterocycles. The standard InChI is InChI=1S/C14H23N3O3S/c1-3-15-14-8-7-13(10-16-14)21(18,19)17(4-2)11-12-6-5-9-20-12/h7-8,10,12H,3-6,9,11H2,1-2H3,(H,15,16). The van der Waals surface area contributed by atoms with Crippen LogP contribution >= 0.6 is 0 Å². The molecule has 1 aromatic rings. The van der Waals surface area contributed by atoms with E-state index in [0.717, 1.165) is 26.0 Å². The van der Waals surface area contributed by atoms with Crippen LogP contribution in [0.3, 0.4) is 0 Å². The zero-order valence-corrected chi connectivity index (χ0v) is 13.4.